The number of rotatable bonds is 2. The fourth-order valence-corrected chi connectivity index (χ4v) is 3.98. The molecule has 2 aromatic rings. The minimum atomic E-state index is 0.291. The zero-order valence-corrected chi connectivity index (χ0v) is 12.8. The zero-order valence-electron chi connectivity index (χ0n) is 11.2. The first-order valence-electron chi connectivity index (χ1n) is 7.01. The van der Waals surface area contributed by atoms with E-state index in [9.17, 15) is 0 Å². The quantitative estimate of drug-likeness (QED) is 0.695. The Kier molecular flexibility index (Phi) is 3.90. The van der Waals surface area contributed by atoms with E-state index in [1.165, 1.54) is 34.7 Å². The summed E-state index contributed by atoms with van der Waals surface area (Å²) in [6, 6.07) is 13.0. The smallest absolute Gasteiger partial charge is 0.0741 e. The summed E-state index contributed by atoms with van der Waals surface area (Å²) < 4.78 is 5.95. The Bertz CT molecular complexity index is 572. The molecule has 19 heavy (non-hydrogen) atoms. The highest BCUT2D eigenvalue weighted by Crippen LogP contribution is 2.38. The van der Waals surface area contributed by atoms with E-state index < -0.39 is 0 Å². The summed E-state index contributed by atoms with van der Waals surface area (Å²) in [6.07, 6.45) is 3.93. The lowest BCUT2D eigenvalue weighted by molar-refractivity contribution is 0.0161. The molecule has 0 spiro atoms. The number of aryl methyl sites for hydroxylation is 1. The van der Waals surface area contributed by atoms with Crippen LogP contribution in [0.15, 0.2) is 36.4 Å². The molecule has 0 bridgehead atoms. The predicted molar refractivity (Wildman–Crippen MR) is 83.9 cm³/mol. The highest BCUT2D eigenvalue weighted by molar-refractivity contribution is 9.09. The first kappa shape index (κ1) is 13.1. The molecule has 2 heteroatoms. The van der Waals surface area contributed by atoms with Crippen LogP contribution < -0.4 is 0 Å². The Morgan fingerprint density at radius 3 is 2.79 bits per heavy atom. The van der Waals surface area contributed by atoms with Crippen LogP contribution in [0.4, 0.5) is 0 Å². The van der Waals surface area contributed by atoms with Gasteiger partial charge in [0.2, 0.25) is 0 Å². The Morgan fingerprint density at radius 1 is 1.16 bits per heavy atom. The van der Waals surface area contributed by atoms with Gasteiger partial charge in [-0.15, -0.1) is 0 Å². The molecule has 2 unspecified atom stereocenters. The average Bonchev–Trinajstić information content (AvgIpc) is 2.47. The molecular weight excluding hydrogens is 300 g/mol. The maximum absolute atomic E-state index is 5.95. The number of ether oxygens (including phenoxy) is 1. The fourth-order valence-electron chi connectivity index (χ4n) is 2.95. The summed E-state index contributed by atoms with van der Waals surface area (Å²) in [5.41, 5.74) is 2.74. The van der Waals surface area contributed by atoms with Crippen LogP contribution in [0, 0.1) is 6.92 Å². The minimum Gasteiger partial charge on any atom is -0.377 e. The maximum atomic E-state index is 5.95. The van der Waals surface area contributed by atoms with E-state index in [-0.39, 0.29) is 0 Å². The summed E-state index contributed by atoms with van der Waals surface area (Å²) >= 11 is 3.89. The third kappa shape index (κ3) is 2.56. The number of fused-ring (bicyclic) bond motifs is 1. The van der Waals surface area contributed by atoms with Gasteiger partial charge in [-0.1, -0.05) is 52.3 Å². The van der Waals surface area contributed by atoms with Gasteiger partial charge in [-0.05, 0) is 48.1 Å². The SMILES string of the molecule is Cc1ccc2ccccc2c1C(Br)C1CCCCO1. The number of halogens is 1. The van der Waals surface area contributed by atoms with Gasteiger partial charge in [0.25, 0.3) is 0 Å². The third-order valence-electron chi connectivity index (χ3n) is 4.01. The zero-order chi connectivity index (χ0) is 13.2. The second kappa shape index (κ2) is 5.64. The van der Waals surface area contributed by atoms with Crippen molar-refractivity contribution in [2.75, 3.05) is 6.61 Å². The van der Waals surface area contributed by atoms with Crippen molar-refractivity contribution in [2.24, 2.45) is 0 Å². The number of benzene rings is 2. The Hall–Kier alpha value is -0.860. The van der Waals surface area contributed by atoms with E-state index in [0.717, 1.165) is 13.0 Å². The second-order valence-corrected chi connectivity index (χ2v) is 6.31. The van der Waals surface area contributed by atoms with E-state index in [4.69, 9.17) is 4.74 Å². The monoisotopic (exact) mass is 318 g/mol. The van der Waals surface area contributed by atoms with Crippen molar-refractivity contribution in [3.63, 3.8) is 0 Å². The minimum absolute atomic E-state index is 0.291. The van der Waals surface area contributed by atoms with Crippen LogP contribution in [0.3, 0.4) is 0 Å². The van der Waals surface area contributed by atoms with Crippen molar-refractivity contribution >= 4 is 26.7 Å². The molecule has 100 valence electrons. The third-order valence-corrected chi connectivity index (χ3v) is 5.05. The van der Waals surface area contributed by atoms with Crippen LogP contribution in [0.5, 0.6) is 0 Å². The predicted octanol–water partition coefficient (Wildman–Crippen LogP) is 5.15. The van der Waals surface area contributed by atoms with E-state index in [1.807, 2.05) is 0 Å². The van der Waals surface area contributed by atoms with Crippen LogP contribution in [-0.4, -0.2) is 12.7 Å². The van der Waals surface area contributed by atoms with E-state index >= 15 is 0 Å². The Balaban J connectivity index is 2.05. The molecule has 0 aliphatic carbocycles. The molecule has 0 saturated carbocycles. The largest absolute Gasteiger partial charge is 0.377 e. The first-order valence-corrected chi connectivity index (χ1v) is 7.93. The van der Waals surface area contributed by atoms with Crippen molar-refractivity contribution < 1.29 is 4.74 Å². The van der Waals surface area contributed by atoms with Gasteiger partial charge in [-0.2, -0.15) is 0 Å². The standard InChI is InChI=1S/C17H19BrO/c1-12-9-10-13-6-2-3-7-14(13)16(12)17(18)15-8-4-5-11-19-15/h2-3,6-7,9-10,15,17H,4-5,8,11H2,1H3. The molecule has 1 aliphatic heterocycles. The Labute approximate surface area is 123 Å². The molecule has 1 aliphatic rings. The molecule has 2 aromatic carbocycles. The van der Waals surface area contributed by atoms with Gasteiger partial charge in [-0.3, -0.25) is 0 Å². The second-order valence-electron chi connectivity index (χ2n) is 5.32. The van der Waals surface area contributed by atoms with E-state index in [1.54, 1.807) is 0 Å². The maximum Gasteiger partial charge on any atom is 0.0741 e. The van der Waals surface area contributed by atoms with E-state index in [2.05, 4.69) is 59.3 Å². The summed E-state index contributed by atoms with van der Waals surface area (Å²) in [5.74, 6) is 0. The molecule has 1 saturated heterocycles. The molecule has 1 fully saturated rings. The van der Waals surface area contributed by atoms with Crippen LogP contribution in [0.25, 0.3) is 10.8 Å². The normalized spacial score (nSPS) is 21.5. The molecule has 0 amide bonds. The van der Waals surface area contributed by atoms with Crippen molar-refractivity contribution in [3.05, 3.63) is 47.5 Å². The van der Waals surface area contributed by atoms with Gasteiger partial charge in [0.1, 0.15) is 0 Å². The lowest BCUT2D eigenvalue weighted by Crippen LogP contribution is -2.24. The number of hydrogen-bond donors (Lipinski definition) is 0. The van der Waals surface area contributed by atoms with Crippen LogP contribution >= 0.6 is 15.9 Å². The highest BCUT2D eigenvalue weighted by atomic mass is 79.9. The van der Waals surface area contributed by atoms with E-state index in [0.29, 0.717) is 10.9 Å². The van der Waals surface area contributed by atoms with Crippen LogP contribution in [0.1, 0.15) is 35.2 Å². The first-order chi connectivity index (χ1) is 9.27. The molecule has 0 aromatic heterocycles. The number of alkyl halides is 1. The Morgan fingerprint density at radius 2 is 2.00 bits per heavy atom. The van der Waals surface area contributed by atoms with Gasteiger partial charge in [0.15, 0.2) is 0 Å². The average molecular weight is 319 g/mol. The summed E-state index contributed by atoms with van der Waals surface area (Å²) in [6.45, 7) is 3.09. The number of hydrogen-bond acceptors (Lipinski definition) is 1. The lowest BCUT2D eigenvalue weighted by Gasteiger charge is -2.28. The molecular formula is C17H19BrO. The summed E-state index contributed by atoms with van der Waals surface area (Å²) in [7, 11) is 0. The summed E-state index contributed by atoms with van der Waals surface area (Å²) in [5, 5.41) is 2.65. The summed E-state index contributed by atoms with van der Waals surface area (Å²) in [4.78, 5) is 0.291. The molecule has 0 radical (unpaired) electrons. The van der Waals surface area contributed by atoms with Crippen molar-refractivity contribution in [1.82, 2.24) is 0 Å². The molecule has 3 rings (SSSR count). The van der Waals surface area contributed by atoms with Gasteiger partial charge < -0.3 is 4.74 Å². The van der Waals surface area contributed by atoms with Crippen LogP contribution in [-0.2, 0) is 4.74 Å². The molecule has 2 atom stereocenters. The highest BCUT2D eigenvalue weighted by Gasteiger charge is 2.26. The molecule has 1 heterocycles. The molecule has 0 N–H and O–H groups in total. The van der Waals surface area contributed by atoms with Crippen molar-refractivity contribution in [3.8, 4) is 0 Å². The topological polar surface area (TPSA) is 9.23 Å². The lowest BCUT2D eigenvalue weighted by atomic mass is 9.93. The molecule has 1 nitrogen and oxygen atoms in total. The van der Waals surface area contributed by atoms with Gasteiger partial charge in [-0.25, -0.2) is 0 Å². The van der Waals surface area contributed by atoms with Gasteiger partial charge in [0.05, 0.1) is 10.9 Å². The van der Waals surface area contributed by atoms with Crippen LogP contribution in [0.2, 0.25) is 0 Å². The van der Waals surface area contributed by atoms with Crippen molar-refractivity contribution in [2.45, 2.75) is 37.1 Å². The van der Waals surface area contributed by atoms with Gasteiger partial charge >= 0.3 is 0 Å². The van der Waals surface area contributed by atoms with Crippen molar-refractivity contribution in [1.29, 1.82) is 0 Å². The van der Waals surface area contributed by atoms with Gasteiger partial charge in [0, 0.05) is 6.61 Å². The fraction of sp³-hybridized carbons (Fsp3) is 0.412.